The largest absolute Gasteiger partial charge is 0.478 e. The number of carbonyl (C=O) groups is 8. The highest BCUT2D eigenvalue weighted by Gasteiger charge is 2.42. The molecule has 0 unspecified atom stereocenters. The van der Waals surface area contributed by atoms with Gasteiger partial charge in [-0.15, -0.1) is 0 Å². The molecule has 18 heteroatoms. The minimum Gasteiger partial charge on any atom is -0.478 e. The molecule has 87 heavy (non-hydrogen) atoms. The van der Waals surface area contributed by atoms with E-state index in [-0.39, 0.29) is 85.4 Å². The van der Waals surface area contributed by atoms with Crippen LogP contribution in [-0.4, -0.2) is 111 Å². The molecule has 0 spiro atoms. The van der Waals surface area contributed by atoms with E-state index in [1.54, 1.807) is 56.3 Å². The van der Waals surface area contributed by atoms with E-state index in [9.17, 15) is 43.5 Å². The summed E-state index contributed by atoms with van der Waals surface area (Å²) in [6.45, 7) is 24.4. The zero-order chi connectivity index (χ0) is 64.5. The van der Waals surface area contributed by atoms with E-state index >= 15 is 0 Å². The highest BCUT2D eigenvalue weighted by Crippen LogP contribution is 2.40. The molecule has 0 bridgehead atoms. The first kappa shape index (κ1) is 69.6. The lowest BCUT2D eigenvalue weighted by molar-refractivity contribution is -0.144. The van der Waals surface area contributed by atoms with E-state index in [4.69, 9.17) is 4.74 Å². The first-order valence-corrected chi connectivity index (χ1v) is 30.3. The third kappa shape index (κ3) is 18.5. The van der Waals surface area contributed by atoms with Crippen LogP contribution in [0.3, 0.4) is 0 Å². The number of ketones is 2. The Morgan fingerprint density at radius 3 is 1.95 bits per heavy atom. The number of carboxylic acid groups (broad SMARTS) is 1. The van der Waals surface area contributed by atoms with E-state index in [1.807, 2.05) is 149 Å². The molecule has 1 aromatic heterocycles. The highest BCUT2D eigenvalue weighted by atomic mass is 16.5. The van der Waals surface area contributed by atoms with Gasteiger partial charge in [-0.3, -0.25) is 33.6 Å². The molecule has 5 atom stereocenters. The normalized spacial score (nSPS) is 14.0. The number of unbranched alkanes of at least 4 members (excludes halogenated alkanes) is 1. The standard InChI is InChI=1S/C67H86N8O10.C2H6/c1-40(2)52(37-49(76)24-15-19-28-56(78)75-38-47-22-14-16-25-50(47)58-59(72-73-71-58)51-26-17-18-27-53(51)75)62(80)69-43(6)55(77)35-44-29-31-45(32-30-44)39-85-57(79)36-46-21-20-23-48(34-46)67(10,11)60(68-12)63(81)70-61(66(7,8)9)64(82)74(13)54(41(3)4)33-42(5)65(83)84;1-2/h14,16-18,20-23,25-27,29-34,40-41,43,52,54,60-61,68H,15,19,24,28,35-39H2,1-13H3,(H,69,80)(H,70,81)(H,83,84)(H,71,72,73);1-2H3/b42-33+;/t43-,52-,54+,60+,61+;/m0./s1. The zero-order valence-electron chi connectivity index (χ0n) is 53.6. The number of esters is 1. The van der Waals surface area contributed by atoms with Crippen molar-refractivity contribution in [3.05, 3.63) is 137 Å². The van der Waals surface area contributed by atoms with Gasteiger partial charge in [-0.05, 0) is 84.9 Å². The molecule has 0 saturated heterocycles. The molecule has 0 radical (unpaired) electrons. The number of Topliss-reactive ketones (excluding diaryl/α,β-unsaturated/α-hetero) is 2. The van der Waals surface area contributed by atoms with Gasteiger partial charge in [0.05, 0.1) is 36.8 Å². The number of amides is 4. The van der Waals surface area contributed by atoms with Crippen molar-refractivity contribution in [2.45, 2.75) is 178 Å². The number of anilines is 1. The van der Waals surface area contributed by atoms with Crippen LogP contribution in [0.5, 0.6) is 0 Å². The SMILES string of the molecule is CC.CN[C@H](C(=O)N[C@H](C(=O)N(C)[C@H](/C=C(\C)C(=O)O)C(C)C)C(C)(C)C)C(C)(C)c1cccc(CC(=O)OCc2ccc(CC(=O)[C@H](C)NC(=O)[C@@H](CC(=O)CCCCC(=O)N3Cc4ccccc4-c4n[nH]nc4-c4ccccc43)C(C)C)cc2)c1. The number of hydrogen-bond donors (Lipinski definition) is 5. The average Bonchev–Trinajstić information content (AvgIpc) is 1.99. The number of H-pyrrole nitrogens is 1. The number of fused-ring (bicyclic) bond motifs is 5. The molecule has 1 aliphatic rings. The number of aliphatic carboxylic acids is 1. The molecule has 4 amide bonds. The van der Waals surface area contributed by atoms with E-state index in [0.717, 1.165) is 33.6 Å². The summed E-state index contributed by atoms with van der Waals surface area (Å²) >= 11 is 0. The van der Waals surface area contributed by atoms with Crippen molar-refractivity contribution in [1.29, 1.82) is 0 Å². The summed E-state index contributed by atoms with van der Waals surface area (Å²) in [4.78, 5) is 111. The van der Waals surface area contributed by atoms with Crippen LogP contribution in [-0.2, 0) is 74.5 Å². The summed E-state index contributed by atoms with van der Waals surface area (Å²) in [5, 5.41) is 30.2. The fourth-order valence-corrected chi connectivity index (χ4v) is 10.9. The minimum atomic E-state index is -1.08. The second-order valence-electron chi connectivity index (χ2n) is 24.8. The van der Waals surface area contributed by atoms with Gasteiger partial charge in [-0.2, -0.15) is 15.4 Å². The van der Waals surface area contributed by atoms with Crippen LogP contribution < -0.4 is 20.9 Å². The molecule has 0 fully saturated rings. The van der Waals surface area contributed by atoms with E-state index < -0.39 is 58.8 Å². The molecule has 5 N–H and O–H groups in total. The van der Waals surface area contributed by atoms with Gasteiger partial charge in [0.15, 0.2) is 5.78 Å². The number of aromatic amines is 1. The van der Waals surface area contributed by atoms with Gasteiger partial charge in [0.25, 0.3) is 0 Å². The van der Waals surface area contributed by atoms with Crippen LogP contribution in [0.25, 0.3) is 22.5 Å². The summed E-state index contributed by atoms with van der Waals surface area (Å²) < 4.78 is 5.67. The average molecular weight is 1190 g/mol. The molecule has 2 heterocycles. The number of nitrogens with one attached hydrogen (secondary N) is 4. The van der Waals surface area contributed by atoms with Gasteiger partial charge in [-0.25, -0.2) is 4.79 Å². The second kappa shape index (κ2) is 31.5. The molecular weight excluding hydrogens is 1100 g/mol. The summed E-state index contributed by atoms with van der Waals surface area (Å²) in [5.74, 6) is -3.95. The monoisotopic (exact) mass is 1190 g/mol. The van der Waals surface area contributed by atoms with Gasteiger partial charge in [0.1, 0.15) is 29.8 Å². The van der Waals surface area contributed by atoms with Crippen molar-refractivity contribution in [2.24, 2.45) is 23.2 Å². The van der Waals surface area contributed by atoms with Crippen molar-refractivity contribution < 1.29 is 48.2 Å². The quantitative estimate of drug-likeness (QED) is 0.0187. The highest BCUT2D eigenvalue weighted by molar-refractivity contribution is 6.00. The Kier molecular flexibility index (Phi) is 25.2. The fourth-order valence-electron chi connectivity index (χ4n) is 10.9. The van der Waals surface area contributed by atoms with Crippen LogP contribution in [0.15, 0.2) is 109 Å². The predicted octanol–water partition coefficient (Wildman–Crippen LogP) is 10.3. The molecule has 5 aromatic rings. The topological polar surface area (TPSA) is 250 Å². The van der Waals surface area contributed by atoms with Crippen molar-refractivity contribution in [2.75, 3.05) is 19.0 Å². The lowest BCUT2D eigenvalue weighted by Crippen LogP contribution is -2.61. The third-order valence-corrected chi connectivity index (χ3v) is 16.2. The number of nitrogens with zero attached hydrogens (tertiary/aromatic N) is 4. The van der Waals surface area contributed by atoms with Crippen LogP contribution in [0.1, 0.15) is 150 Å². The number of benzene rings is 4. The maximum absolute atomic E-state index is 14.2. The van der Waals surface area contributed by atoms with Gasteiger partial charge in [0, 0.05) is 60.8 Å². The Labute approximate surface area is 514 Å². The number of hydrogen-bond acceptors (Lipinski definition) is 12. The minimum absolute atomic E-state index is 0.00840. The number of carbonyl (C=O) groups excluding carboxylic acids is 7. The van der Waals surface area contributed by atoms with Gasteiger partial charge < -0.3 is 35.6 Å². The van der Waals surface area contributed by atoms with Gasteiger partial charge in [-0.1, -0.05) is 173 Å². The lowest BCUT2D eigenvalue weighted by Gasteiger charge is -2.40. The van der Waals surface area contributed by atoms with Crippen molar-refractivity contribution in [3.8, 4) is 22.5 Å². The molecule has 1 aliphatic heterocycles. The Hall–Kier alpha value is -8.12. The van der Waals surface area contributed by atoms with Crippen LogP contribution >= 0.6 is 0 Å². The van der Waals surface area contributed by atoms with E-state index in [2.05, 4.69) is 31.4 Å². The maximum atomic E-state index is 14.2. The predicted molar refractivity (Wildman–Crippen MR) is 339 cm³/mol. The Morgan fingerprint density at radius 2 is 1.33 bits per heavy atom. The van der Waals surface area contributed by atoms with Gasteiger partial charge in [0.2, 0.25) is 23.6 Å². The Bertz CT molecular complexity index is 3250. The van der Waals surface area contributed by atoms with Crippen molar-refractivity contribution in [3.63, 3.8) is 0 Å². The van der Waals surface area contributed by atoms with Crippen LogP contribution in [0.2, 0.25) is 0 Å². The first-order valence-electron chi connectivity index (χ1n) is 30.3. The molecule has 18 nitrogen and oxygen atoms in total. The molecule has 0 aliphatic carbocycles. The van der Waals surface area contributed by atoms with E-state index in [0.29, 0.717) is 41.8 Å². The van der Waals surface area contributed by atoms with Crippen molar-refractivity contribution in [1.82, 2.24) is 36.3 Å². The maximum Gasteiger partial charge on any atom is 0.331 e. The summed E-state index contributed by atoms with van der Waals surface area (Å²) in [6.07, 6.45) is 3.00. The number of likely N-dealkylation sites (N-methyl/N-ethyl adjacent to an activating group) is 2. The number of ether oxygens (including phenoxy) is 1. The number of para-hydroxylation sites is 1. The molecule has 468 valence electrons. The van der Waals surface area contributed by atoms with Crippen LogP contribution in [0, 0.1) is 23.2 Å². The molecular formula is C69H92N8O10. The Morgan fingerprint density at radius 1 is 0.724 bits per heavy atom. The fraction of sp³-hybridized carbons (Fsp3) is 0.478. The Balaban J connectivity index is 0.00000683. The van der Waals surface area contributed by atoms with E-state index in [1.165, 1.54) is 11.8 Å². The number of aromatic nitrogens is 3. The third-order valence-electron chi connectivity index (χ3n) is 16.2. The second-order valence-corrected chi connectivity index (χ2v) is 24.8. The summed E-state index contributed by atoms with van der Waals surface area (Å²) in [6, 6.07) is 26.9. The molecule has 4 aromatic carbocycles. The van der Waals surface area contributed by atoms with Gasteiger partial charge >= 0.3 is 11.9 Å². The van der Waals surface area contributed by atoms with Crippen molar-refractivity contribution >= 4 is 52.8 Å². The zero-order valence-corrected chi connectivity index (χ0v) is 53.6. The summed E-state index contributed by atoms with van der Waals surface area (Å²) in [7, 11) is 3.29. The number of carboxylic acids is 1. The smallest absolute Gasteiger partial charge is 0.331 e. The number of rotatable bonds is 27. The summed E-state index contributed by atoms with van der Waals surface area (Å²) in [5.41, 5.74) is 6.22. The molecule has 0 saturated carbocycles. The lowest BCUT2D eigenvalue weighted by atomic mass is 9.76. The molecule has 6 rings (SSSR count). The first-order chi connectivity index (χ1) is 41.1. The van der Waals surface area contributed by atoms with Crippen LogP contribution in [0.4, 0.5) is 5.69 Å².